The summed E-state index contributed by atoms with van der Waals surface area (Å²) >= 11 is 0. The highest BCUT2D eigenvalue weighted by Gasteiger charge is 2.13. The molecule has 0 aliphatic rings. The Balaban J connectivity index is 1.84. The summed E-state index contributed by atoms with van der Waals surface area (Å²) in [6.45, 7) is 9.90. The number of likely N-dealkylation sites (N-methyl/N-ethyl adjacent to an activating group) is 1. The molecule has 0 atom stereocenters. The average molecular weight is 469 g/mol. The molecule has 6 nitrogen and oxygen atoms in total. The van der Waals surface area contributed by atoms with E-state index in [1.165, 1.54) is 25.7 Å². The number of benzene rings is 2. The third-order valence-corrected chi connectivity index (χ3v) is 5.80. The number of unbranched alkanes of at least 4 members (excludes halogenated alkanes) is 5. The second kappa shape index (κ2) is 15.9. The molecule has 0 saturated heterocycles. The minimum atomic E-state index is -0.363. The lowest BCUT2D eigenvalue weighted by Gasteiger charge is -2.17. The SMILES string of the molecule is CCCCCCCCOc1ccccc1C(=O)Nc1ccc(C(=O)OCCN(CC)CC)cc1. The molecule has 2 rings (SSSR count). The number of hydrogen-bond donors (Lipinski definition) is 1. The van der Waals surface area contributed by atoms with Gasteiger partial charge in [-0.2, -0.15) is 0 Å². The molecule has 34 heavy (non-hydrogen) atoms. The fraction of sp³-hybridized carbons (Fsp3) is 0.500. The van der Waals surface area contributed by atoms with Gasteiger partial charge in [-0.15, -0.1) is 0 Å². The van der Waals surface area contributed by atoms with Crippen LogP contribution in [0.5, 0.6) is 5.75 Å². The standard InChI is InChI=1S/C28H40N2O4/c1-4-7-8-9-10-13-21-33-26-15-12-11-14-25(26)27(31)29-24-18-16-23(17-19-24)28(32)34-22-20-30(5-2)6-3/h11-12,14-19H,4-10,13,20-22H2,1-3H3,(H,29,31). The van der Waals surface area contributed by atoms with Crippen LogP contribution in [-0.2, 0) is 4.74 Å². The van der Waals surface area contributed by atoms with Gasteiger partial charge in [-0.1, -0.05) is 65.0 Å². The van der Waals surface area contributed by atoms with Crippen molar-refractivity contribution in [2.24, 2.45) is 0 Å². The molecule has 0 aliphatic carbocycles. The highest BCUT2D eigenvalue weighted by atomic mass is 16.5. The fourth-order valence-electron chi connectivity index (χ4n) is 3.62. The Kier molecular flexibility index (Phi) is 12.8. The van der Waals surface area contributed by atoms with Crippen molar-refractivity contribution in [3.8, 4) is 5.75 Å². The number of nitrogens with zero attached hydrogens (tertiary/aromatic N) is 1. The zero-order valence-electron chi connectivity index (χ0n) is 21.0. The van der Waals surface area contributed by atoms with E-state index in [1.807, 2.05) is 18.2 Å². The zero-order valence-corrected chi connectivity index (χ0v) is 21.0. The van der Waals surface area contributed by atoms with Gasteiger partial charge in [0.2, 0.25) is 0 Å². The van der Waals surface area contributed by atoms with Gasteiger partial charge in [0.25, 0.3) is 5.91 Å². The third kappa shape index (κ3) is 9.56. The molecule has 6 heteroatoms. The summed E-state index contributed by atoms with van der Waals surface area (Å²) < 4.78 is 11.3. The van der Waals surface area contributed by atoms with E-state index in [1.54, 1.807) is 30.3 Å². The minimum absolute atomic E-state index is 0.243. The predicted octanol–water partition coefficient (Wildman–Crippen LogP) is 6.18. The molecule has 0 spiro atoms. The number of rotatable bonds is 16. The van der Waals surface area contributed by atoms with Gasteiger partial charge in [0.15, 0.2) is 0 Å². The molecule has 0 fully saturated rings. The molecule has 186 valence electrons. The monoisotopic (exact) mass is 468 g/mol. The third-order valence-electron chi connectivity index (χ3n) is 5.80. The largest absolute Gasteiger partial charge is 0.493 e. The average Bonchev–Trinajstić information content (AvgIpc) is 2.86. The van der Waals surface area contributed by atoms with Crippen LogP contribution < -0.4 is 10.1 Å². The number of para-hydroxylation sites is 1. The van der Waals surface area contributed by atoms with Crippen LogP contribution in [0.25, 0.3) is 0 Å². The van der Waals surface area contributed by atoms with Gasteiger partial charge in [-0.05, 0) is 55.9 Å². The van der Waals surface area contributed by atoms with Crippen molar-refractivity contribution in [1.82, 2.24) is 4.90 Å². The molecular formula is C28H40N2O4. The van der Waals surface area contributed by atoms with Crippen molar-refractivity contribution in [1.29, 1.82) is 0 Å². The summed E-state index contributed by atoms with van der Waals surface area (Å²) in [5.74, 6) is -0.0199. The molecule has 2 aromatic carbocycles. The Morgan fingerprint density at radius 1 is 0.824 bits per heavy atom. The first-order valence-electron chi connectivity index (χ1n) is 12.6. The zero-order chi connectivity index (χ0) is 24.6. The van der Waals surface area contributed by atoms with Gasteiger partial charge >= 0.3 is 5.97 Å². The van der Waals surface area contributed by atoms with Crippen LogP contribution in [0.4, 0.5) is 5.69 Å². The first-order valence-corrected chi connectivity index (χ1v) is 12.6. The van der Waals surface area contributed by atoms with E-state index < -0.39 is 0 Å². The molecule has 0 aromatic heterocycles. The second-order valence-electron chi connectivity index (χ2n) is 8.31. The van der Waals surface area contributed by atoms with Gasteiger partial charge in [0, 0.05) is 12.2 Å². The normalized spacial score (nSPS) is 10.8. The van der Waals surface area contributed by atoms with Gasteiger partial charge in [-0.25, -0.2) is 4.79 Å². The summed E-state index contributed by atoms with van der Waals surface area (Å²) in [5, 5.41) is 2.89. The van der Waals surface area contributed by atoms with E-state index in [0.29, 0.717) is 42.3 Å². The van der Waals surface area contributed by atoms with Crippen molar-refractivity contribution in [2.45, 2.75) is 59.3 Å². The van der Waals surface area contributed by atoms with Crippen LogP contribution >= 0.6 is 0 Å². The predicted molar refractivity (Wildman–Crippen MR) is 138 cm³/mol. The quantitative estimate of drug-likeness (QED) is 0.235. The Labute approximate surface area is 204 Å². The minimum Gasteiger partial charge on any atom is -0.493 e. The Hall–Kier alpha value is -2.86. The van der Waals surface area contributed by atoms with E-state index in [-0.39, 0.29) is 11.9 Å². The van der Waals surface area contributed by atoms with E-state index >= 15 is 0 Å². The second-order valence-corrected chi connectivity index (χ2v) is 8.31. The highest BCUT2D eigenvalue weighted by Crippen LogP contribution is 2.21. The van der Waals surface area contributed by atoms with E-state index in [9.17, 15) is 9.59 Å². The fourth-order valence-corrected chi connectivity index (χ4v) is 3.62. The number of ether oxygens (including phenoxy) is 2. The van der Waals surface area contributed by atoms with Crippen molar-refractivity contribution in [3.05, 3.63) is 59.7 Å². The van der Waals surface area contributed by atoms with Crippen LogP contribution in [0.2, 0.25) is 0 Å². The molecule has 0 aliphatic heterocycles. The van der Waals surface area contributed by atoms with Crippen molar-refractivity contribution < 1.29 is 19.1 Å². The maximum atomic E-state index is 12.8. The maximum absolute atomic E-state index is 12.8. The first kappa shape index (κ1) is 27.4. The number of carbonyl (C=O) groups is 2. The summed E-state index contributed by atoms with van der Waals surface area (Å²) in [6, 6.07) is 14.0. The number of nitrogens with one attached hydrogen (secondary N) is 1. The molecule has 2 aromatic rings. The van der Waals surface area contributed by atoms with Crippen LogP contribution in [0.1, 0.15) is 80.0 Å². The molecule has 0 bridgehead atoms. The summed E-state index contributed by atoms with van der Waals surface area (Å²) in [4.78, 5) is 27.3. The topological polar surface area (TPSA) is 67.9 Å². The lowest BCUT2D eigenvalue weighted by molar-refractivity contribution is 0.0466. The highest BCUT2D eigenvalue weighted by molar-refractivity contribution is 6.06. The Morgan fingerprint density at radius 3 is 2.21 bits per heavy atom. The first-order chi connectivity index (χ1) is 16.6. The molecule has 1 amide bonds. The Morgan fingerprint density at radius 2 is 1.50 bits per heavy atom. The molecule has 0 heterocycles. The number of anilines is 1. The number of hydrogen-bond acceptors (Lipinski definition) is 5. The number of carbonyl (C=O) groups excluding carboxylic acids is 2. The molecular weight excluding hydrogens is 428 g/mol. The molecule has 0 unspecified atom stereocenters. The summed E-state index contributed by atoms with van der Waals surface area (Å²) in [6.07, 6.45) is 7.12. The summed E-state index contributed by atoms with van der Waals surface area (Å²) in [7, 11) is 0. The van der Waals surface area contributed by atoms with Crippen LogP contribution in [0.15, 0.2) is 48.5 Å². The van der Waals surface area contributed by atoms with Crippen molar-refractivity contribution in [3.63, 3.8) is 0 Å². The Bertz CT molecular complexity index is 863. The van der Waals surface area contributed by atoms with Crippen molar-refractivity contribution in [2.75, 3.05) is 38.2 Å². The molecule has 0 radical (unpaired) electrons. The smallest absolute Gasteiger partial charge is 0.338 e. The van der Waals surface area contributed by atoms with Gasteiger partial charge < -0.3 is 19.7 Å². The number of esters is 1. The lowest BCUT2D eigenvalue weighted by Crippen LogP contribution is -2.27. The van der Waals surface area contributed by atoms with Crippen LogP contribution in [0, 0.1) is 0 Å². The van der Waals surface area contributed by atoms with E-state index in [4.69, 9.17) is 9.47 Å². The lowest BCUT2D eigenvalue weighted by atomic mass is 10.1. The van der Waals surface area contributed by atoms with Gasteiger partial charge in [0.05, 0.1) is 17.7 Å². The maximum Gasteiger partial charge on any atom is 0.338 e. The van der Waals surface area contributed by atoms with Crippen molar-refractivity contribution >= 4 is 17.6 Å². The summed E-state index contributed by atoms with van der Waals surface area (Å²) in [5.41, 5.74) is 1.56. The van der Waals surface area contributed by atoms with E-state index in [2.05, 4.69) is 31.0 Å². The van der Waals surface area contributed by atoms with Crippen LogP contribution in [-0.4, -0.2) is 49.6 Å². The molecule has 0 saturated carbocycles. The molecule has 1 N–H and O–H groups in total. The van der Waals surface area contributed by atoms with Crippen LogP contribution in [0.3, 0.4) is 0 Å². The number of amides is 1. The van der Waals surface area contributed by atoms with Gasteiger partial charge in [0.1, 0.15) is 12.4 Å². The van der Waals surface area contributed by atoms with E-state index in [0.717, 1.165) is 25.9 Å². The van der Waals surface area contributed by atoms with Gasteiger partial charge in [-0.3, -0.25) is 4.79 Å².